The highest BCUT2D eigenvalue weighted by Gasteiger charge is 2.22. The molecular weight excluding hydrogens is 418 g/mol. The number of hydrogen-bond donors (Lipinski definition) is 2. The van der Waals surface area contributed by atoms with Gasteiger partial charge in [-0.1, -0.05) is 48.0 Å². The molecular formula is C25H31N5OS. The van der Waals surface area contributed by atoms with Crippen molar-refractivity contribution >= 4 is 28.4 Å². The first-order valence-electron chi connectivity index (χ1n) is 11.2. The van der Waals surface area contributed by atoms with Crippen molar-refractivity contribution in [2.75, 3.05) is 29.9 Å². The summed E-state index contributed by atoms with van der Waals surface area (Å²) in [7, 11) is 0. The van der Waals surface area contributed by atoms with E-state index in [9.17, 15) is 4.79 Å². The highest BCUT2D eigenvalue weighted by Crippen LogP contribution is 2.25. The molecule has 1 saturated heterocycles. The zero-order valence-corrected chi connectivity index (χ0v) is 19.8. The Morgan fingerprint density at radius 3 is 2.44 bits per heavy atom. The summed E-state index contributed by atoms with van der Waals surface area (Å²) in [5.74, 6) is 1.37. The minimum absolute atomic E-state index is 0.130. The molecule has 0 radical (unpaired) electrons. The monoisotopic (exact) mass is 449 g/mol. The van der Waals surface area contributed by atoms with Gasteiger partial charge in [-0.15, -0.1) is 0 Å². The number of benzene rings is 2. The third-order valence-electron chi connectivity index (χ3n) is 6.10. The highest BCUT2D eigenvalue weighted by atomic mass is 32.1. The van der Waals surface area contributed by atoms with E-state index in [-0.39, 0.29) is 6.03 Å². The second kappa shape index (κ2) is 10.1. The van der Waals surface area contributed by atoms with Gasteiger partial charge < -0.3 is 15.5 Å². The molecule has 1 aliphatic heterocycles. The first-order valence-corrected chi connectivity index (χ1v) is 12.0. The van der Waals surface area contributed by atoms with Crippen molar-refractivity contribution in [1.29, 1.82) is 0 Å². The number of carbonyl (C=O) groups is 1. The van der Waals surface area contributed by atoms with E-state index in [0.717, 1.165) is 60.1 Å². The third-order valence-corrected chi connectivity index (χ3v) is 6.91. The average molecular weight is 450 g/mol. The number of aryl methyl sites for hydroxylation is 3. The van der Waals surface area contributed by atoms with E-state index in [4.69, 9.17) is 4.98 Å². The number of aromatic nitrogens is 2. The number of nitrogens with zero attached hydrogens (tertiary/aromatic N) is 3. The largest absolute Gasteiger partial charge is 0.347 e. The maximum Gasteiger partial charge on any atom is 0.319 e. The van der Waals surface area contributed by atoms with Gasteiger partial charge in [0.1, 0.15) is 5.82 Å². The Morgan fingerprint density at radius 2 is 1.75 bits per heavy atom. The van der Waals surface area contributed by atoms with Gasteiger partial charge >= 0.3 is 6.03 Å². The van der Waals surface area contributed by atoms with E-state index < -0.39 is 0 Å². The Bertz CT molecular complexity index is 1030. The maximum absolute atomic E-state index is 12.4. The Balaban J connectivity index is 1.23. The molecule has 3 aromatic rings. The van der Waals surface area contributed by atoms with Crippen LogP contribution in [0.1, 0.15) is 40.9 Å². The predicted octanol–water partition coefficient (Wildman–Crippen LogP) is 5.09. The number of rotatable bonds is 6. The standard InChI is InChI=1S/C25H31N5OS/c1-17-7-9-20(10-8-17)15-22-27-25(32-29-22)30-13-11-21(12-14-30)16-26-24(31)28-23-18(2)5-4-6-19(23)3/h4-10,21H,11-16H2,1-3H3,(H2,26,28,31). The number of amides is 2. The minimum atomic E-state index is -0.130. The molecule has 4 rings (SSSR count). The van der Waals surface area contributed by atoms with Gasteiger partial charge in [-0.25, -0.2) is 9.78 Å². The van der Waals surface area contributed by atoms with Gasteiger partial charge in [0, 0.05) is 43.3 Å². The fourth-order valence-corrected chi connectivity index (χ4v) is 4.80. The molecule has 2 aromatic carbocycles. The maximum atomic E-state index is 12.4. The first-order chi connectivity index (χ1) is 15.5. The van der Waals surface area contributed by atoms with Crippen molar-refractivity contribution in [3.05, 3.63) is 70.5 Å². The molecule has 0 unspecified atom stereocenters. The van der Waals surface area contributed by atoms with Gasteiger partial charge in [0.15, 0.2) is 0 Å². The van der Waals surface area contributed by atoms with Crippen LogP contribution in [0.15, 0.2) is 42.5 Å². The Labute approximate surface area is 194 Å². The Morgan fingerprint density at radius 1 is 1.06 bits per heavy atom. The Hall–Kier alpha value is -2.93. The summed E-state index contributed by atoms with van der Waals surface area (Å²) in [6.45, 7) is 8.71. The van der Waals surface area contributed by atoms with Crippen molar-refractivity contribution < 1.29 is 4.79 Å². The zero-order chi connectivity index (χ0) is 22.5. The number of piperidine rings is 1. The molecule has 2 heterocycles. The molecule has 32 heavy (non-hydrogen) atoms. The number of anilines is 2. The SMILES string of the molecule is Cc1ccc(Cc2nsc(N3CCC(CNC(=O)Nc4c(C)cccc4C)CC3)n2)cc1. The van der Waals surface area contributed by atoms with Gasteiger partial charge in [-0.2, -0.15) is 4.37 Å². The van der Waals surface area contributed by atoms with Crippen LogP contribution in [0.2, 0.25) is 0 Å². The van der Waals surface area contributed by atoms with E-state index in [0.29, 0.717) is 12.5 Å². The van der Waals surface area contributed by atoms with E-state index in [2.05, 4.69) is 51.1 Å². The van der Waals surface area contributed by atoms with Crippen molar-refractivity contribution in [3.63, 3.8) is 0 Å². The third kappa shape index (κ3) is 5.65. The van der Waals surface area contributed by atoms with Gasteiger partial charge in [0.25, 0.3) is 0 Å². The summed E-state index contributed by atoms with van der Waals surface area (Å²) in [5, 5.41) is 7.06. The number of carbonyl (C=O) groups excluding carboxylic acids is 1. The average Bonchev–Trinajstić information content (AvgIpc) is 3.25. The number of nitrogens with one attached hydrogen (secondary N) is 2. The summed E-state index contributed by atoms with van der Waals surface area (Å²) in [4.78, 5) is 19.5. The van der Waals surface area contributed by atoms with Crippen molar-refractivity contribution in [2.24, 2.45) is 5.92 Å². The summed E-state index contributed by atoms with van der Waals surface area (Å²) in [5.41, 5.74) is 5.56. The fraction of sp³-hybridized carbons (Fsp3) is 0.400. The van der Waals surface area contributed by atoms with E-state index in [1.54, 1.807) is 0 Å². The van der Waals surface area contributed by atoms with Crippen LogP contribution in [-0.2, 0) is 6.42 Å². The van der Waals surface area contributed by atoms with Crippen LogP contribution in [0.5, 0.6) is 0 Å². The molecule has 0 aliphatic carbocycles. The molecule has 0 atom stereocenters. The van der Waals surface area contributed by atoms with Crippen molar-refractivity contribution in [1.82, 2.24) is 14.7 Å². The van der Waals surface area contributed by atoms with Gasteiger partial charge in [-0.3, -0.25) is 0 Å². The molecule has 1 aliphatic rings. The lowest BCUT2D eigenvalue weighted by Crippen LogP contribution is -2.40. The summed E-state index contributed by atoms with van der Waals surface area (Å²) < 4.78 is 4.57. The van der Waals surface area contributed by atoms with Crippen LogP contribution in [0.25, 0.3) is 0 Å². The number of hydrogen-bond acceptors (Lipinski definition) is 5. The van der Waals surface area contributed by atoms with E-state index >= 15 is 0 Å². The zero-order valence-electron chi connectivity index (χ0n) is 19.0. The summed E-state index contributed by atoms with van der Waals surface area (Å²) in [6.07, 6.45) is 2.85. The molecule has 1 fully saturated rings. The lowest BCUT2D eigenvalue weighted by Gasteiger charge is -2.31. The number of urea groups is 1. The molecule has 0 spiro atoms. The number of para-hydroxylation sites is 1. The molecule has 6 nitrogen and oxygen atoms in total. The van der Waals surface area contributed by atoms with Gasteiger partial charge in [0.2, 0.25) is 5.13 Å². The van der Waals surface area contributed by atoms with Crippen LogP contribution in [0.4, 0.5) is 15.6 Å². The molecule has 168 valence electrons. The molecule has 2 N–H and O–H groups in total. The van der Waals surface area contributed by atoms with E-state index in [1.807, 2.05) is 32.0 Å². The fourth-order valence-electron chi connectivity index (χ4n) is 4.07. The summed E-state index contributed by atoms with van der Waals surface area (Å²) in [6, 6.07) is 14.4. The molecule has 2 amide bonds. The van der Waals surface area contributed by atoms with Crippen LogP contribution in [0.3, 0.4) is 0 Å². The highest BCUT2D eigenvalue weighted by molar-refractivity contribution is 7.09. The topological polar surface area (TPSA) is 70.2 Å². The van der Waals surface area contributed by atoms with Gasteiger partial charge in [0.05, 0.1) is 0 Å². The quantitative estimate of drug-likeness (QED) is 0.550. The molecule has 7 heteroatoms. The summed E-state index contributed by atoms with van der Waals surface area (Å²) >= 11 is 1.49. The Kier molecular flexibility index (Phi) is 7.05. The van der Waals surface area contributed by atoms with Gasteiger partial charge in [-0.05, 0) is 56.2 Å². The first kappa shape index (κ1) is 22.3. The lowest BCUT2D eigenvalue weighted by molar-refractivity contribution is 0.248. The van der Waals surface area contributed by atoms with Crippen molar-refractivity contribution in [3.8, 4) is 0 Å². The molecule has 0 bridgehead atoms. The van der Waals surface area contributed by atoms with Crippen LogP contribution < -0.4 is 15.5 Å². The normalized spacial score (nSPS) is 14.4. The minimum Gasteiger partial charge on any atom is -0.347 e. The second-order valence-corrected chi connectivity index (χ2v) is 9.42. The van der Waals surface area contributed by atoms with Crippen LogP contribution >= 0.6 is 11.5 Å². The second-order valence-electron chi connectivity index (χ2n) is 8.69. The van der Waals surface area contributed by atoms with Crippen molar-refractivity contribution in [2.45, 2.75) is 40.0 Å². The predicted molar refractivity (Wildman–Crippen MR) is 132 cm³/mol. The van der Waals surface area contributed by atoms with Crippen LogP contribution in [-0.4, -0.2) is 35.0 Å². The van der Waals surface area contributed by atoms with E-state index in [1.165, 1.54) is 22.7 Å². The molecule has 1 aromatic heterocycles. The molecule has 0 saturated carbocycles. The smallest absolute Gasteiger partial charge is 0.319 e. The van der Waals surface area contributed by atoms with Crippen LogP contribution in [0, 0.1) is 26.7 Å². The lowest BCUT2D eigenvalue weighted by atomic mass is 9.97.